The van der Waals surface area contributed by atoms with Crippen LogP contribution in [0.25, 0.3) is 0 Å². The van der Waals surface area contributed by atoms with Crippen LogP contribution in [0.2, 0.25) is 0 Å². The predicted octanol–water partition coefficient (Wildman–Crippen LogP) is 6.55. The highest BCUT2D eigenvalue weighted by atomic mass is 14.7. The van der Waals surface area contributed by atoms with Gasteiger partial charge in [-0.2, -0.15) is 0 Å². The van der Waals surface area contributed by atoms with Crippen molar-refractivity contribution in [2.75, 3.05) is 0 Å². The zero-order valence-corrected chi connectivity index (χ0v) is 15.8. The molecule has 0 aliphatic heterocycles. The van der Waals surface area contributed by atoms with Crippen LogP contribution < -0.4 is 0 Å². The van der Waals surface area contributed by atoms with Crippen LogP contribution in [0.3, 0.4) is 0 Å². The fraction of sp³-hybridized carbons (Fsp3) is 1.00. The normalized spacial score (nSPS) is 46.4. The molecule has 0 aromatic carbocycles. The lowest BCUT2D eigenvalue weighted by atomic mass is 9.32. The second kappa shape index (κ2) is 4.30. The summed E-state index contributed by atoms with van der Waals surface area (Å²) in [5, 5.41) is 0. The lowest BCUT2D eigenvalue weighted by Gasteiger charge is -2.73. The summed E-state index contributed by atoms with van der Waals surface area (Å²) in [6, 6.07) is 0. The molecule has 4 saturated carbocycles. The summed E-state index contributed by atoms with van der Waals surface area (Å²) in [6.45, 7) is 20.2. The fourth-order valence-electron chi connectivity index (χ4n) is 7.99. The molecular formula is C21H38. The fourth-order valence-corrected chi connectivity index (χ4v) is 7.99. The quantitative estimate of drug-likeness (QED) is 0.514. The molecule has 0 spiro atoms. The maximum atomic E-state index is 2.54. The van der Waals surface area contributed by atoms with Gasteiger partial charge in [-0.3, -0.25) is 0 Å². The Labute approximate surface area is 133 Å². The average molecular weight is 291 g/mol. The number of hydrogen-bond donors (Lipinski definition) is 0. The van der Waals surface area contributed by atoms with Crippen LogP contribution in [0.5, 0.6) is 0 Å². The van der Waals surface area contributed by atoms with Crippen molar-refractivity contribution in [3.63, 3.8) is 0 Å². The minimum atomic E-state index is 0.447. The average Bonchev–Trinajstić information content (AvgIpc) is 2.23. The molecule has 4 bridgehead atoms. The Morgan fingerprint density at radius 3 is 1.57 bits per heavy atom. The first-order chi connectivity index (χ1) is 9.44. The summed E-state index contributed by atoms with van der Waals surface area (Å²) in [6.07, 6.45) is 7.62. The van der Waals surface area contributed by atoms with Crippen LogP contribution in [-0.2, 0) is 0 Å². The molecule has 0 heteroatoms. The summed E-state index contributed by atoms with van der Waals surface area (Å²) < 4.78 is 0. The van der Waals surface area contributed by atoms with Gasteiger partial charge in [0.15, 0.2) is 0 Å². The van der Waals surface area contributed by atoms with Crippen molar-refractivity contribution >= 4 is 0 Å². The van der Waals surface area contributed by atoms with Crippen LogP contribution in [0.4, 0.5) is 0 Å². The first kappa shape index (κ1) is 15.9. The Kier molecular flexibility index (Phi) is 3.25. The van der Waals surface area contributed by atoms with Gasteiger partial charge in [0.05, 0.1) is 0 Å². The molecule has 4 aliphatic rings. The number of hydrogen-bond acceptors (Lipinski definition) is 0. The molecule has 0 N–H and O–H groups in total. The van der Waals surface area contributed by atoms with Gasteiger partial charge in [0, 0.05) is 0 Å². The maximum Gasteiger partial charge on any atom is -0.0169 e. The van der Waals surface area contributed by atoms with Crippen molar-refractivity contribution in [3.05, 3.63) is 0 Å². The van der Waals surface area contributed by atoms with Crippen molar-refractivity contribution in [3.8, 4) is 0 Å². The van der Waals surface area contributed by atoms with Gasteiger partial charge < -0.3 is 0 Å². The molecule has 0 radical (unpaired) electrons. The Morgan fingerprint density at radius 2 is 1.24 bits per heavy atom. The molecule has 0 aromatic rings. The highest BCUT2D eigenvalue weighted by molar-refractivity contribution is 5.16. The molecule has 2 atom stereocenters. The minimum Gasteiger partial charge on any atom is -0.0622 e. The first-order valence-electron chi connectivity index (χ1n) is 9.44. The molecular weight excluding hydrogens is 252 g/mol. The highest BCUT2D eigenvalue weighted by Crippen LogP contribution is 2.75. The van der Waals surface area contributed by atoms with E-state index >= 15 is 0 Å². The van der Waals surface area contributed by atoms with Crippen molar-refractivity contribution in [1.82, 2.24) is 0 Å². The van der Waals surface area contributed by atoms with E-state index < -0.39 is 0 Å². The molecule has 4 rings (SSSR count). The van der Waals surface area contributed by atoms with Crippen molar-refractivity contribution in [1.29, 1.82) is 0 Å². The summed E-state index contributed by atoms with van der Waals surface area (Å²) in [5.74, 6) is 3.81. The van der Waals surface area contributed by atoms with E-state index in [2.05, 4.69) is 55.4 Å². The number of rotatable bonds is 1. The first-order valence-corrected chi connectivity index (χ1v) is 9.44. The van der Waals surface area contributed by atoms with Gasteiger partial charge >= 0.3 is 0 Å². The summed E-state index contributed by atoms with van der Waals surface area (Å²) in [5.41, 5.74) is 2.16. The maximum absolute atomic E-state index is 2.54. The van der Waals surface area contributed by atoms with Crippen LogP contribution in [0.15, 0.2) is 0 Å². The van der Waals surface area contributed by atoms with Gasteiger partial charge in [-0.15, -0.1) is 0 Å². The molecule has 0 aromatic heterocycles. The predicted molar refractivity (Wildman–Crippen MR) is 92.2 cm³/mol. The Hall–Kier alpha value is 0. The molecule has 0 heterocycles. The summed E-state index contributed by atoms with van der Waals surface area (Å²) >= 11 is 0. The summed E-state index contributed by atoms with van der Waals surface area (Å²) in [7, 11) is 0. The van der Waals surface area contributed by atoms with Crippen LogP contribution >= 0.6 is 0 Å². The van der Waals surface area contributed by atoms with Crippen LogP contribution in [0, 0.1) is 45.3 Å². The van der Waals surface area contributed by atoms with Crippen LogP contribution in [-0.4, -0.2) is 0 Å². The molecule has 0 nitrogen and oxygen atoms in total. The third-order valence-corrected chi connectivity index (χ3v) is 8.39. The van der Waals surface area contributed by atoms with Gasteiger partial charge in [-0.25, -0.2) is 0 Å². The third kappa shape index (κ3) is 1.86. The van der Waals surface area contributed by atoms with E-state index in [0.29, 0.717) is 21.7 Å². The molecule has 0 saturated heterocycles. The van der Waals surface area contributed by atoms with E-state index in [1.165, 1.54) is 32.1 Å². The largest absolute Gasteiger partial charge is 0.0622 e. The second-order valence-electron chi connectivity index (χ2n) is 11.2. The molecule has 4 fully saturated rings. The summed E-state index contributed by atoms with van der Waals surface area (Å²) in [4.78, 5) is 0. The standard InChI is InChI=1S/C21H38/c1-14(2)21(19(6,7)8)16-9-15-10-17(21)13-20(11-15,12-16)18(3,4)5/h14-17H,9-13H2,1-8H3. The topological polar surface area (TPSA) is 0 Å². The Bertz CT molecular complexity index is 398. The van der Waals surface area contributed by atoms with Gasteiger partial charge in [0.25, 0.3) is 0 Å². The minimum absolute atomic E-state index is 0.447. The Morgan fingerprint density at radius 1 is 0.762 bits per heavy atom. The Balaban J connectivity index is 2.08. The van der Waals surface area contributed by atoms with Crippen molar-refractivity contribution < 1.29 is 0 Å². The van der Waals surface area contributed by atoms with E-state index in [1.54, 1.807) is 0 Å². The lowest BCUT2D eigenvalue weighted by Crippen LogP contribution is -2.65. The molecule has 122 valence electrons. The van der Waals surface area contributed by atoms with Gasteiger partial charge in [-0.05, 0) is 77.4 Å². The molecule has 4 aliphatic carbocycles. The molecule has 0 amide bonds. The van der Waals surface area contributed by atoms with E-state index in [1.807, 2.05) is 0 Å². The van der Waals surface area contributed by atoms with Crippen molar-refractivity contribution in [2.24, 2.45) is 45.3 Å². The highest BCUT2D eigenvalue weighted by Gasteiger charge is 2.67. The van der Waals surface area contributed by atoms with E-state index in [9.17, 15) is 0 Å². The van der Waals surface area contributed by atoms with Crippen LogP contribution in [0.1, 0.15) is 87.5 Å². The smallest absolute Gasteiger partial charge is 0.0169 e. The van der Waals surface area contributed by atoms with Gasteiger partial charge in [0.1, 0.15) is 0 Å². The second-order valence-corrected chi connectivity index (χ2v) is 11.2. The van der Waals surface area contributed by atoms with Gasteiger partial charge in [-0.1, -0.05) is 55.4 Å². The third-order valence-electron chi connectivity index (χ3n) is 8.39. The zero-order valence-electron chi connectivity index (χ0n) is 15.8. The van der Waals surface area contributed by atoms with Crippen molar-refractivity contribution in [2.45, 2.75) is 87.5 Å². The zero-order chi connectivity index (χ0) is 15.8. The molecule has 2 unspecified atom stereocenters. The SMILES string of the molecule is CC(C)C1(C(C)(C)C)C2CC3CC1CC(C(C)(C)C)(C3)C2. The lowest BCUT2D eigenvalue weighted by molar-refractivity contribution is -0.239. The van der Waals surface area contributed by atoms with E-state index in [0.717, 1.165) is 23.7 Å². The van der Waals surface area contributed by atoms with E-state index in [-0.39, 0.29) is 0 Å². The van der Waals surface area contributed by atoms with Gasteiger partial charge in [0.2, 0.25) is 0 Å². The molecule has 21 heavy (non-hydrogen) atoms. The van der Waals surface area contributed by atoms with E-state index in [4.69, 9.17) is 0 Å². The monoisotopic (exact) mass is 290 g/mol.